The Labute approximate surface area is 189 Å². The standard InChI is InChI=1S/C24H34O8/c1-23(2,3)21(25)31-17-16-15(13-28-19(30-16)14-11-9-8-10-12-14)29-20(27-7)18(17)32-22(26)24(4,5)6/h8-12,15-20H,13H2,1-7H3/t15?,16-,17+,18?,19?,20-/m0/s1. The van der Waals surface area contributed by atoms with E-state index >= 15 is 0 Å². The Morgan fingerprint density at radius 3 is 1.97 bits per heavy atom. The summed E-state index contributed by atoms with van der Waals surface area (Å²) < 4.78 is 35.3. The second-order valence-electron chi connectivity index (χ2n) is 10.2. The molecule has 32 heavy (non-hydrogen) atoms. The van der Waals surface area contributed by atoms with Gasteiger partial charge in [0.2, 0.25) is 0 Å². The van der Waals surface area contributed by atoms with Crippen molar-refractivity contribution in [3.05, 3.63) is 35.9 Å². The largest absolute Gasteiger partial charge is 0.455 e. The summed E-state index contributed by atoms with van der Waals surface area (Å²) in [6.07, 6.45) is -4.84. The number of rotatable bonds is 4. The van der Waals surface area contributed by atoms with E-state index in [0.29, 0.717) is 0 Å². The lowest BCUT2D eigenvalue weighted by molar-refractivity contribution is -0.360. The Bertz CT molecular complexity index is 794. The van der Waals surface area contributed by atoms with E-state index in [1.54, 1.807) is 41.5 Å². The number of benzene rings is 1. The molecule has 0 radical (unpaired) electrons. The third-order valence-corrected chi connectivity index (χ3v) is 5.30. The molecule has 178 valence electrons. The smallest absolute Gasteiger partial charge is 0.311 e. The highest BCUT2D eigenvalue weighted by atomic mass is 16.8. The minimum absolute atomic E-state index is 0.202. The van der Waals surface area contributed by atoms with Gasteiger partial charge in [0.15, 0.2) is 24.8 Å². The second-order valence-corrected chi connectivity index (χ2v) is 10.2. The van der Waals surface area contributed by atoms with Gasteiger partial charge in [0.1, 0.15) is 12.2 Å². The van der Waals surface area contributed by atoms with Crippen molar-refractivity contribution < 1.29 is 38.0 Å². The number of carbonyl (C=O) groups is 2. The van der Waals surface area contributed by atoms with Gasteiger partial charge in [-0.25, -0.2) is 0 Å². The number of methoxy groups -OCH3 is 1. The lowest BCUT2D eigenvalue weighted by atomic mass is 9.93. The van der Waals surface area contributed by atoms with Crippen molar-refractivity contribution in [2.75, 3.05) is 13.7 Å². The monoisotopic (exact) mass is 450 g/mol. The zero-order valence-electron chi connectivity index (χ0n) is 19.8. The number of hydrogen-bond acceptors (Lipinski definition) is 8. The van der Waals surface area contributed by atoms with Gasteiger partial charge in [-0.3, -0.25) is 9.59 Å². The average Bonchev–Trinajstić information content (AvgIpc) is 2.73. The van der Waals surface area contributed by atoms with E-state index in [0.717, 1.165) is 5.56 Å². The van der Waals surface area contributed by atoms with Gasteiger partial charge < -0.3 is 28.4 Å². The van der Waals surface area contributed by atoms with Gasteiger partial charge in [-0.05, 0) is 41.5 Å². The van der Waals surface area contributed by atoms with E-state index in [-0.39, 0.29) is 6.61 Å². The molecule has 0 N–H and O–H groups in total. The molecule has 2 fully saturated rings. The molecule has 6 atom stereocenters. The maximum absolute atomic E-state index is 12.9. The van der Waals surface area contributed by atoms with Crippen molar-refractivity contribution in [3.8, 4) is 0 Å². The van der Waals surface area contributed by atoms with Crippen molar-refractivity contribution in [3.63, 3.8) is 0 Å². The van der Waals surface area contributed by atoms with E-state index in [9.17, 15) is 9.59 Å². The van der Waals surface area contributed by atoms with Crippen LogP contribution in [0.15, 0.2) is 30.3 Å². The molecule has 8 nitrogen and oxygen atoms in total. The van der Waals surface area contributed by atoms with Crippen LogP contribution in [0, 0.1) is 10.8 Å². The van der Waals surface area contributed by atoms with Crippen LogP contribution in [0.2, 0.25) is 0 Å². The molecule has 1 aromatic carbocycles. The quantitative estimate of drug-likeness (QED) is 0.645. The molecule has 2 heterocycles. The summed E-state index contributed by atoms with van der Waals surface area (Å²) in [5.41, 5.74) is -0.709. The summed E-state index contributed by atoms with van der Waals surface area (Å²) in [6, 6.07) is 9.45. The van der Waals surface area contributed by atoms with Crippen LogP contribution in [0.4, 0.5) is 0 Å². The highest BCUT2D eigenvalue weighted by Crippen LogP contribution is 2.38. The van der Waals surface area contributed by atoms with Crippen molar-refractivity contribution >= 4 is 11.9 Å². The molecule has 0 spiro atoms. The van der Waals surface area contributed by atoms with Crippen molar-refractivity contribution in [2.45, 2.75) is 78.5 Å². The van der Waals surface area contributed by atoms with Gasteiger partial charge in [-0.1, -0.05) is 30.3 Å². The molecule has 0 amide bonds. The van der Waals surface area contributed by atoms with Gasteiger partial charge in [-0.15, -0.1) is 0 Å². The predicted octanol–water partition coefficient (Wildman–Crippen LogP) is 3.39. The second kappa shape index (κ2) is 9.47. The summed E-state index contributed by atoms with van der Waals surface area (Å²) >= 11 is 0. The first-order chi connectivity index (χ1) is 14.9. The molecule has 8 heteroatoms. The SMILES string of the molecule is CO[C@H]1OC2COC(c3ccccc3)O[C@@H]2[C@@H](OC(=O)C(C)(C)C)C1OC(=O)C(C)(C)C. The average molecular weight is 451 g/mol. The first kappa shape index (κ1) is 24.6. The van der Waals surface area contributed by atoms with Crippen LogP contribution in [0.1, 0.15) is 53.4 Å². The molecule has 3 unspecified atom stereocenters. The molecule has 1 aromatic rings. The number of esters is 2. The lowest BCUT2D eigenvalue weighted by Gasteiger charge is -2.48. The topological polar surface area (TPSA) is 89.5 Å². The van der Waals surface area contributed by atoms with E-state index < -0.39 is 59.8 Å². The fourth-order valence-corrected chi connectivity index (χ4v) is 3.38. The zero-order valence-corrected chi connectivity index (χ0v) is 19.8. The fraction of sp³-hybridized carbons (Fsp3) is 0.667. The fourth-order valence-electron chi connectivity index (χ4n) is 3.38. The molecular weight excluding hydrogens is 416 g/mol. The van der Waals surface area contributed by atoms with Gasteiger partial charge in [0.25, 0.3) is 0 Å². The summed E-state index contributed by atoms with van der Waals surface area (Å²) in [5, 5.41) is 0. The Balaban J connectivity index is 1.93. The molecule has 0 saturated carbocycles. The van der Waals surface area contributed by atoms with Gasteiger partial charge >= 0.3 is 11.9 Å². The van der Waals surface area contributed by atoms with E-state index in [1.165, 1.54) is 7.11 Å². The van der Waals surface area contributed by atoms with Crippen LogP contribution in [0.5, 0.6) is 0 Å². The summed E-state index contributed by atoms with van der Waals surface area (Å²) in [4.78, 5) is 25.6. The maximum Gasteiger partial charge on any atom is 0.311 e. The lowest BCUT2D eigenvalue weighted by Crippen LogP contribution is -2.64. The third-order valence-electron chi connectivity index (χ3n) is 5.30. The van der Waals surface area contributed by atoms with Crippen molar-refractivity contribution in [1.29, 1.82) is 0 Å². The molecule has 0 bridgehead atoms. The Kier molecular flexibility index (Phi) is 7.29. The highest BCUT2D eigenvalue weighted by Gasteiger charge is 2.55. The van der Waals surface area contributed by atoms with Gasteiger partial charge in [0.05, 0.1) is 17.4 Å². The third kappa shape index (κ3) is 5.49. The minimum Gasteiger partial charge on any atom is -0.455 e. The predicted molar refractivity (Wildman–Crippen MR) is 114 cm³/mol. The summed E-state index contributed by atoms with van der Waals surface area (Å²) in [7, 11) is 1.45. The van der Waals surface area contributed by atoms with E-state index in [4.69, 9.17) is 28.4 Å². The summed E-state index contributed by atoms with van der Waals surface area (Å²) in [6.45, 7) is 10.7. The molecular formula is C24H34O8. The molecule has 2 aliphatic rings. The Morgan fingerprint density at radius 2 is 1.44 bits per heavy atom. The van der Waals surface area contributed by atoms with E-state index in [2.05, 4.69) is 0 Å². The number of ether oxygens (including phenoxy) is 6. The Hall–Kier alpha value is -2.00. The van der Waals surface area contributed by atoms with Crippen LogP contribution >= 0.6 is 0 Å². The zero-order chi connectivity index (χ0) is 23.7. The van der Waals surface area contributed by atoms with Crippen LogP contribution in [0.3, 0.4) is 0 Å². The van der Waals surface area contributed by atoms with Crippen LogP contribution in [-0.4, -0.2) is 56.4 Å². The van der Waals surface area contributed by atoms with Crippen LogP contribution in [0.25, 0.3) is 0 Å². The maximum atomic E-state index is 12.9. The molecule has 0 aromatic heterocycles. The van der Waals surface area contributed by atoms with Gasteiger partial charge in [-0.2, -0.15) is 0 Å². The first-order valence-corrected chi connectivity index (χ1v) is 10.8. The minimum atomic E-state index is -1.01. The van der Waals surface area contributed by atoms with Crippen LogP contribution < -0.4 is 0 Å². The summed E-state index contributed by atoms with van der Waals surface area (Å²) in [5.74, 6) is -0.906. The Morgan fingerprint density at radius 1 is 0.875 bits per heavy atom. The number of hydrogen-bond donors (Lipinski definition) is 0. The molecule has 2 aliphatic heterocycles. The number of fused-ring (bicyclic) bond motifs is 1. The first-order valence-electron chi connectivity index (χ1n) is 10.8. The number of carbonyl (C=O) groups excluding carboxylic acids is 2. The molecule has 3 rings (SSSR count). The normalized spacial score (nSPS) is 30.8. The van der Waals surface area contributed by atoms with Crippen molar-refractivity contribution in [1.82, 2.24) is 0 Å². The molecule has 2 saturated heterocycles. The van der Waals surface area contributed by atoms with Crippen LogP contribution in [-0.2, 0) is 38.0 Å². The molecule has 0 aliphatic carbocycles. The van der Waals surface area contributed by atoms with E-state index in [1.807, 2.05) is 30.3 Å². The van der Waals surface area contributed by atoms with Crippen molar-refractivity contribution in [2.24, 2.45) is 10.8 Å². The van der Waals surface area contributed by atoms with Gasteiger partial charge in [0, 0.05) is 12.7 Å². The highest BCUT2D eigenvalue weighted by molar-refractivity contribution is 5.76.